The van der Waals surface area contributed by atoms with Crippen LogP contribution in [0.3, 0.4) is 0 Å². The molecular weight excluding hydrogens is 558 g/mol. The lowest BCUT2D eigenvalue weighted by molar-refractivity contribution is 0.122. The van der Waals surface area contributed by atoms with Crippen LogP contribution >= 0.6 is 28.3 Å². The number of aryl methyl sites for hydroxylation is 1. The number of rotatable bonds is 7. The highest BCUT2D eigenvalue weighted by Crippen LogP contribution is 2.22. The summed E-state index contributed by atoms with van der Waals surface area (Å²) in [5.41, 5.74) is 7.52. The minimum absolute atomic E-state index is 0. The Morgan fingerprint density at radius 2 is 1.59 bits per heavy atom. The molecule has 11 heteroatoms. The maximum absolute atomic E-state index is 5.50. The van der Waals surface area contributed by atoms with Gasteiger partial charge < -0.3 is 19.3 Å². The lowest BCUT2D eigenvalue weighted by Crippen LogP contribution is -2.37. The summed E-state index contributed by atoms with van der Waals surface area (Å²) in [6.07, 6.45) is 2.36. The van der Waals surface area contributed by atoms with Gasteiger partial charge in [-0.25, -0.2) is 5.43 Å². The number of aromatic nitrogens is 3. The Bertz CT molecular complexity index is 1200. The van der Waals surface area contributed by atoms with Crippen LogP contribution in [0.1, 0.15) is 22.5 Å². The van der Waals surface area contributed by atoms with Crippen LogP contribution in [0.5, 0.6) is 0 Å². The summed E-state index contributed by atoms with van der Waals surface area (Å²) in [6.45, 7) is 8.26. The largest absolute Gasteiger partial charge is 0.378 e. The van der Waals surface area contributed by atoms with Gasteiger partial charge in [0.2, 0.25) is 11.9 Å². The Balaban J connectivity index is 0.00000320. The monoisotopic (exact) mass is 587 g/mol. The van der Waals surface area contributed by atoms with Gasteiger partial charge in [0.15, 0.2) is 0 Å². The molecule has 2 saturated heterocycles. The SMILES string of the molecule is Cc1ccc(Cc2nc(N/N=C/c3ccc(N4CCOCC4)cc3)nc(N3CCOCC3)n2)c(Br)c1.Cl. The highest BCUT2D eigenvalue weighted by molar-refractivity contribution is 9.10. The number of hydrogen-bond donors (Lipinski definition) is 1. The summed E-state index contributed by atoms with van der Waals surface area (Å²) in [6, 6.07) is 14.6. The molecule has 1 aromatic heterocycles. The van der Waals surface area contributed by atoms with Gasteiger partial charge in [-0.2, -0.15) is 20.1 Å². The molecule has 0 bridgehead atoms. The van der Waals surface area contributed by atoms with Crippen LogP contribution < -0.4 is 15.2 Å². The van der Waals surface area contributed by atoms with Crippen molar-refractivity contribution in [2.75, 3.05) is 67.8 Å². The van der Waals surface area contributed by atoms with Crippen LogP contribution in [-0.2, 0) is 15.9 Å². The number of halogens is 2. The topological polar surface area (TPSA) is 88.0 Å². The van der Waals surface area contributed by atoms with E-state index in [0.29, 0.717) is 37.4 Å². The molecule has 2 aromatic carbocycles. The van der Waals surface area contributed by atoms with Crippen molar-refractivity contribution in [1.82, 2.24) is 15.0 Å². The first-order valence-corrected chi connectivity index (χ1v) is 13.0. The summed E-state index contributed by atoms with van der Waals surface area (Å²) < 4.78 is 12.0. The van der Waals surface area contributed by atoms with E-state index in [4.69, 9.17) is 14.5 Å². The Morgan fingerprint density at radius 3 is 2.27 bits per heavy atom. The summed E-state index contributed by atoms with van der Waals surface area (Å²) in [5, 5.41) is 4.40. The molecule has 0 amide bonds. The van der Waals surface area contributed by atoms with Crippen LogP contribution in [0.4, 0.5) is 17.6 Å². The number of nitrogens with one attached hydrogen (secondary N) is 1. The molecule has 37 heavy (non-hydrogen) atoms. The van der Waals surface area contributed by atoms with Crippen LogP contribution in [0.25, 0.3) is 0 Å². The van der Waals surface area contributed by atoms with Crippen molar-refractivity contribution >= 4 is 52.1 Å². The van der Waals surface area contributed by atoms with E-state index in [1.807, 2.05) is 0 Å². The van der Waals surface area contributed by atoms with Gasteiger partial charge in [0, 0.05) is 42.8 Å². The molecule has 1 N–H and O–H groups in total. The predicted molar refractivity (Wildman–Crippen MR) is 152 cm³/mol. The summed E-state index contributed by atoms with van der Waals surface area (Å²) >= 11 is 3.67. The summed E-state index contributed by atoms with van der Waals surface area (Å²) in [5.74, 6) is 1.74. The standard InChI is InChI=1S/C26H30BrN7O2.ClH/c1-19-2-5-21(23(27)16-19)17-24-29-25(31-26(30-24)34-10-14-36-15-11-34)32-28-18-20-3-6-22(7-4-20)33-8-12-35-13-9-33;/h2-7,16,18H,8-15,17H2,1H3,(H,29,30,31,32);1H/b28-18+;. The molecule has 2 fully saturated rings. The van der Waals surface area contributed by atoms with Gasteiger partial charge in [0.25, 0.3) is 0 Å². The molecule has 0 aliphatic carbocycles. The average molecular weight is 589 g/mol. The fraction of sp³-hybridized carbons (Fsp3) is 0.385. The Hall–Kier alpha value is -2.79. The van der Waals surface area contributed by atoms with Crippen LogP contribution in [0, 0.1) is 6.92 Å². The smallest absolute Gasteiger partial charge is 0.248 e. The third kappa shape index (κ3) is 7.38. The van der Waals surface area contributed by atoms with Crippen LogP contribution in [-0.4, -0.2) is 73.8 Å². The predicted octanol–water partition coefficient (Wildman–Crippen LogP) is 4.07. The van der Waals surface area contributed by atoms with Crippen molar-refractivity contribution in [3.63, 3.8) is 0 Å². The van der Waals surface area contributed by atoms with E-state index in [9.17, 15) is 0 Å². The number of anilines is 3. The molecule has 196 valence electrons. The summed E-state index contributed by atoms with van der Waals surface area (Å²) in [4.78, 5) is 18.5. The molecule has 0 spiro atoms. The van der Waals surface area contributed by atoms with Gasteiger partial charge in [0.1, 0.15) is 5.82 Å². The number of nitrogens with zero attached hydrogens (tertiary/aromatic N) is 6. The van der Waals surface area contributed by atoms with Crippen molar-refractivity contribution in [3.8, 4) is 0 Å². The number of hydrazone groups is 1. The van der Waals surface area contributed by atoms with Gasteiger partial charge >= 0.3 is 0 Å². The fourth-order valence-electron chi connectivity index (χ4n) is 4.16. The number of benzene rings is 2. The van der Waals surface area contributed by atoms with Gasteiger partial charge in [-0.15, -0.1) is 12.4 Å². The maximum atomic E-state index is 5.50. The molecule has 3 heterocycles. The fourth-order valence-corrected chi connectivity index (χ4v) is 4.80. The number of ether oxygens (including phenoxy) is 2. The zero-order valence-electron chi connectivity index (χ0n) is 20.8. The molecule has 5 rings (SSSR count). The normalized spacial score (nSPS) is 16.1. The van der Waals surface area contributed by atoms with Crippen molar-refractivity contribution in [3.05, 3.63) is 69.5 Å². The first kappa shape index (κ1) is 27.3. The van der Waals surface area contributed by atoms with Crippen LogP contribution in [0.15, 0.2) is 52.0 Å². The minimum Gasteiger partial charge on any atom is -0.378 e. The second kappa shape index (κ2) is 13.1. The minimum atomic E-state index is 0. The molecular formula is C26H31BrClN7O2. The van der Waals surface area contributed by atoms with Crippen molar-refractivity contribution in [2.45, 2.75) is 13.3 Å². The van der Waals surface area contributed by atoms with E-state index in [1.54, 1.807) is 6.21 Å². The number of hydrogen-bond acceptors (Lipinski definition) is 9. The Morgan fingerprint density at radius 1 is 0.919 bits per heavy atom. The molecule has 3 aromatic rings. The zero-order valence-corrected chi connectivity index (χ0v) is 23.2. The molecule has 0 saturated carbocycles. The Labute approximate surface area is 231 Å². The summed E-state index contributed by atoms with van der Waals surface area (Å²) in [7, 11) is 0. The van der Waals surface area contributed by atoms with Crippen molar-refractivity contribution in [1.29, 1.82) is 0 Å². The van der Waals surface area contributed by atoms with Crippen molar-refractivity contribution in [2.24, 2.45) is 5.10 Å². The van der Waals surface area contributed by atoms with Crippen LogP contribution in [0.2, 0.25) is 0 Å². The molecule has 0 radical (unpaired) electrons. The first-order valence-electron chi connectivity index (χ1n) is 12.2. The molecule has 2 aliphatic heterocycles. The van der Waals surface area contributed by atoms with E-state index in [1.165, 1.54) is 11.3 Å². The third-order valence-electron chi connectivity index (χ3n) is 6.17. The Kier molecular flexibility index (Phi) is 9.68. The number of morpholine rings is 2. The quantitative estimate of drug-likeness (QED) is 0.327. The van der Waals surface area contributed by atoms with Crippen molar-refractivity contribution < 1.29 is 9.47 Å². The zero-order chi connectivity index (χ0) is 24.7. The van der Waals surface area contributed by atoms with Gasteiger partial charge in [-0.3, -0.25) is 0 Å². The molecule has 0 unspecified atom stereocenters. The first-order chi connectivity index (χ1) is 17.6. The van der Waals surface area contributed by atoms with E-state index >= 15 is 0 Å². The van der Waals surface area contributed by atoms with E-state index in [0.717, 1.165) is 55.0 Å². The molecule has 0 atom stereocenters. The lowest BCUT2D eigenvalue weighted by Gasteiger charge is -2.28. The van der Waals surface area contributed by atoms with Gasteiger partial charge in [-0.05, 0) is 41.8 Å². The second-order valence-corrected chi connectivity index (χ2v) is 9.66. The molecule has 2 aliphatic rings. The second-order valence-electron chi connectivity index (χ2n) is 8.81. The highest BCUT2D eigenvalue weighted by atomic mass is 79.9. The lowest BCUT2D eigenvalue weighted by atomic mass is 10.1. The third-order valence-corrected chi connectivity index (χ3v) is 6.91. The van der Waals surface area contributed by atoms with E-state index < -0.39 is 0 Å². The van der Waals surface area contributed by atoms with Gasteiger partial charge in [-0.1, -0.05) is 40.2 Å². The van der Waals surface area contributed by atoms with E-state index in [2.05, 4.69) is 95.6 Å². The maximum Gasteiger partial charge on any atom is 0.248 e. The molecule has 9 nitrogen and oxygen atoms in total. The van der Waals surface area contributed by atoms with Gasteiger partial charge in [0.05, 0.1) is 32.6 Å². The average Bonchev–Trinajstić information content (AvgIpc) is 2.92. The van der Waals surface area contributed by atoms with E-state index in [-0.39, 0.29) is 12.4 Å². The highest BCUT2D eigenvalue weighted by Gasteiger charge is 2.17.